The van der Waals surface area contributed by atoms with Gasteiger partial charge in [0, 0.05) is 16.0 Å². The summed E-state index contributed by atoms with van der Waals surface area (Å²) in [5.74, 6) is 0. The largest absolute Gasteiger partial charge is 0.380 e. The van der Waals surface area contributed by atoms with Gasteiger partial charge in [0.2, 0.25) is 0 Å². The Kier molecular flexibility index (Phi) is 4.89. The third-order valence-corrected chi connectivity index (χ3v) is 4.28. The monoisotopic (exact) mass is 337 g/mol. The van der Waals surface area contributed by atoms with Crippen molar-refractivity contribution < 1.29 is 0 Å². The van der Waals surface area contributed by atoms with Gasteiger partial charge in [-0.05, 0) is 58.1 Å². The highest BCUT2D eigenvalue weighted by atomic mass is 79.9. The highest BCUT2D eigenvalue weighted by Crippen LogP contribution is 2.29. The van der Waals surface area contributed by atoms with E-state index in [1.54, 1.807) is 0 Å². The Labute approximate surface area is 128 Å². The Morgan fingerprint density at radius 3 is 2.53 bits per heavy atom. The maximum Gasteiger partial charge on any atom is 0.0502 e. The lowest BCUT2D eigenvalue weighted by Crippen LogP contribution is -2.03. The van der Waals surface area contributed by atoms with Gasteiger partial charge in [-0.1, -0.05) is 42.8 Å². The number of nitrogens with one attached hydrogen (secondary N) is 1. The molecule has 19 heavy (non-hydrogen) atoms. The molecule has 0 bridgehead atoms. The summed E-state index contributed by atoms with van der Waals surface area (Å²) in [6, 6.07) is 12.5. The zero-order chi connectivity index (χ0) is 13.8. The Morgan fingerprint density at radius 1 is 1.16 bits per heavy atom. The van der Waals surface area contributed by atoms with E-state index in [2.05, 4.69) is 52.4 Å². The van der Waals surface area contributed by atoms with Gasteiger partial charge in [0.05, 0.1) is 5.69 Å². The van der Waals surface area contributed by atoms with Crippen LogP contribution in [0.15, 0.2) is 40.9 Å². The minimum atomic E-state index is 0.787. The first-order valence-electron chi connectivity index (χ1n) is 6.38. The summed E-state index contributed by atoms with van der Waals surface area (Å²) >= 11 is 9.73. The van der Waals surface area contributed by atoms with Crippen LogP contribution in [0.5, 0.6) is 0 Å². The fourth-order valence-corrected chi connectivity index (χ4v) is 2.81. The highest BCUT2D eigenvalue weighted by molar-refractivity contribution is 9.10. The standard InChI is InChI=1S/C16H17BrClN/c1-3-12-6-4-5-7-13(12)10-19-16-9-15(18)11(2)8-14(16)17/h4-9,19H,3,10H2,1-2H3. The fourth-order valence-electron chi connectivity index (χ4n) is 2.05. The van der Waals surface area contributed by atoms with E-state index in [9.17, 15) is 0 Å². The summed E-state index contributed by atoms with van der Waals surface area (Å²) in [5.41, 5.74) is 4.81. The number of hydrogen-bond acceptors (Lipinski definition) is 1. The van der Waals surface area contributed by atoms with Crippen LogP contribution in [0.1, 0.15) is 23.6 Å². The van der Waals surface area contributed by atoms with Crippen LogP contribution in [0.3, 0.4) is 0 Å². The van der Waals surface area contributed by atoms with Crippen LogP contribution in [0.2, 0.25) is 5.02 Å². The molecular weight excluding hydrogens is 322 g/mol. The molecule has 0 fully saturated rings. The molecule has 0 heterocycles. The number of hydrogen-bond donors (Lipinski definition) is 1. The molecule has 1 nitrogen and oxygen atoms in total. The number of rotatable bonds is 4. The smallest absolute Gasteiger partial charge is 0.0502 e. The van der Waals surface area contributed by atoms with Crippen molar-refractivity contribution >= 4 is 33.2 Å². The first-order valence-corrected chi connectivity index (χ1v) is 7.55. The van der Waals surface area contributed by atoms with E-state index in [-0.39, 0.29) is 0 Å². The predicted octanol–water partition coefficient (Wildman–Crippen LogP) is 5.59. The van der Waals surface area contributed by atoms with Crippen molar-refractivity contribution in [1.29, 1.82) is 0 Å². The van der Waals surface area contributed by atoms with Gasteiger partial charge < -0.3 is 5.32 Å². The van der Waals surface area contributed by atoms with Gasteiger partial charge in [-0.15, -0.1) is 0 Å². The molecule has 100 valence electrons. The van der Waals surface area contributed by atoms with Gasteiger partial charge >= 0.3 is 0 Å². The topological polar surface area (TPSA) is 12.0 Å². The predicted molar refractivity (Wildman–Crippen MR) is 87.0 cm³/mol. The second-order valence-corrected chi connectivity index (χ2v) is 5.82. The molecule has 2 aromatic rings. The van der Waals surface area contributed by atoms with Crippen molar-refractivity contribution in [2.75, 3.05) is 5.32 Å². The molecule has 0 saturated heterocycles. The quantitative estimate of drug-likeness (QED) is 0.766. The van der Waals surface area contributed by atoms with Crippen molar-refractivity contribution in [2.24, 2.45) is 0 Å². The minimum Gasteiger partial charge on any atom is -0.380 e. The molecule has 2 rings (SSSR count). The van der Waals surface area contributed by atoms with Crippen LogP contribution >= 0.6 is 27.5 Å². The number of benzene rings is 2. The van der Waals surface area contributed by atoms with Crippen molar-refractivity contribution in [3.8, 4) is 0 Å². The molecule has 0 spiro atoms. The molecule has 0 aromatic heterocycles. The molecule has 1 N–H and O–H groups in total. The van der Waals surface area contributed by atoms with Crippen molar-refractivity contribution in [3.63, 3.8) is 0 Å². The first kappa shape index (κ1) is 14.4. The zero-order valence-corrected chi connectivity index (χ0v) is 13.5. The summed E-state index contributed by atoms with van der Waals surface area (Å²) in [5, 5.41) is 4.23. The third-order valence-electron chi connectivity index (χ3n) is 3.22. The van der Waals surface area contributed by atoms with Crippen LogP contribution < -0.4 is 5.32 Å². The van der Waals surface area contributed by atoms with E-state index < -0.39 is 0 Å². The molecule has 0 unspecified atom stereocenters. The average Bonchev–Trinajstić information content (AvgIpc) is 2.41. The van der Waals surface area contributed by atoms with Crippen LogP contribution in [0, 0.1) is 6.92 Å². The Bertz CT molecular complexity index is 581. The third kappa shape index (κ3) is 3.52. The Balaban J connectivity index is 2.17. The fraction of sp³-hybridized carbons (Fsp3) is 0.250. The van der Waals surface area contributed by atoms with E-state index in [4.69, 9.17) is 11.6 Å². The number of anilines is 1. The van der Waals surface area contributed by atoms with Crippen LogP contribution in [-0.4, -0.2) is 0 Å². The van der Waals surface area contributed by atoms with Crippen LogP contribution in [-0.2, 0) is 13.0 Å². The summed E-state index contributed by atoms with van der Waals surface area (Å²) in [6.45, 7) is 4.99. The molecule has 0 aliphatic carbocycles. The molecule has 0 atom stereocenters. The molecule has 2 aromatic carbocycles. The lowest BCUT2D eigenvalue weighted by atomic mass is 10.1. The van der Waals surface area contributed by atoms with Gasteiger partial charge in [0.15, 0.2) is 0 Å². The summed E-state index contributed by atoms with van der Waals surface area (Å²) < 4.78 is 1.04. The highest BCUT2D eigenvalue weighted by Gasteiger charge is 2.05. The minimum absolute atomic E-state index is 0.787. The van der Waals surface area contributed by atoms with Gasteiger partial charge in [-0.2, -0.15) is 0 Å². The van der Waals surface area contributed by atoms with Crippen molar-refractivity contribution in [1.82, 2.24) is 0 Å². The van der Waals surface area contributed by atoms with E-state index in [0.29, 0.717) is 0 Å². The van der Waals surface area contributed by atoms with E-state index >= 15 is 0 Å². The summed E-state index contributed by atoms with van der Waals surface area (Å²) in [6.07, 6.45) is 1.05. The van der Waals surface area contributed by atoms with Crippen molar-refractivity contribution in [3.05, 3.63) is 62.6 Å². The van der Waals surface area contributed by atoms with E-state index in [1.165, 1.54) is 11.1 Å². The average molecular weight is 339 g/mol. The van der Waals surface area contributed by atoms with Crippen LogP contribution in [0.4, 0.5) is 5.69 Å². The molecule has 0 aliphatic rings. The SMILES string of the molecule is CCc1ccccc1CNc1cc(Cl)c(C)cc1Br. The molecule has 0 amide bonds. The van der Waals surface area contributed by atoms with Gasteiger partial charge in [0.1, 0.15) is 0 Å². The molecule has 0 aliphatic heterocycles. The number of aryl methyl sites for hydroxylation is 2. The Hall–Kier alpha value is -0.990. The van der Waals surface area contributed by atoms with Crippen molar-refractivity contribution in [2.45, 2.75) is 26.8 Å². The van der Waals surface area contributed by atoms with E-state index in [1.807, 2.05) is 19.1 Å². The summed E-state index contributed by atoms with van der Waals surface area (Å²) in [7, 11) is 0. The van der Waals surface area contributed by atoms with Crippen LogP contribution in [0.25, 0.3) is 0 Å². The lowest BCUT2D eigenvalue weighted by molar-refractivity contribution is 1.04. The normalized spacial score (nSPS) is 10.5. The Morgan fingerprint density at radius 2 is 1.84 bits per heavy atom. The number of halogens is 2. The van der Waals surface area contributed by atoms with Gasteiger partial charge in [0.25, 0.3) is 0 Å². The summed E-state index contributed by atoms with van der Waals surface area (Å²) in [4.78, 5) is 0. The second kappa shape index (κ2) is 6.44. The maximum atomic E-state index is 6.17. The maximum absolute atomic E-state index is 6.17. The van der Waals surface area contributed by atoms with Gasteiger partial charge in [-0.25, -0.2) is 0 Å². The molecule has 3 heteroatoms. The molecule has 0 radical (unpaired) electrons. The van der Waals surface area contributed by atoms with E-state index in [0.717, 1.165) is 33.7 Å². The lowest BCUT2D eigenvalue weighted by Gasteiger charge is -2.13. The molecule has 0 saturated carbocycles. The second-order valence-electron chi connectivity index (χ2n) is 4.56. The van der Waals surface area contributed by atoms with Gasteiger partial charge in [-0.3, -0.25) is 0 Å². The first-order chi connectivity index (χ1) is 9.11. The zero-order valence-electron chi connectivity index (χ0n) is 11.1. The molecular formula is C16H17BrClN.